The van der Waals surface area contributed by atoms with Gasteiger partial charge in [-0.05, 0) is 55.5 Å². The number of hydrazine groups is 1. The second kappa shape index (κ2) is 8.43. The van der Waals surface area contributed by atoms with E-state index in [1.54, 1.807) is 18.4 Å². The van der Waals surface area contributed by atoms with Crippen LogP contribution in [-0.4, -0.2) is 46.4 Å². The molecule has 1 saturated carbocycles. The van der Waals surface area contributed by atoms with Crippen molar-refractivity contribution in [3.8, 4) is 0 Å². The van der Waals surface area contributed by atoms with Crippen LogP contribution in [0.3, 0.4) is 0 Å². The molecule has 2 aromatic rings. The minimum absolute atomic E-state index is 0.00971. The first-order chi connectivity index (χ1) is 15.1. The third-order valence-electron chi connectivity index (χ3n) is 6.78. The van der Waals surface area contributed by atoms with Gasteiger partial charge in [-0.2, -0.15) is 0 Å². The number of furan rings is 1. The molecule has 3 aliphatic rings. The smallest absolute Gasteiger partial charge is 0.242 e. The van der Waals surface area contributed by atoms with Gasteiger partial charge in [0.1, 0.15) is 17.6 Å². The molecule has 1 aliphatic carbocycles. The molecule has 1 aromatic heterocycles. The standard InChI is InChI=1S/C23H27FN4O3/c24-17-4-1-3-15(11-17)14-27-21-12-16(22(29)25-13-18-5-2-10-31-18)6-7-19(21)28-20(23(27)30)8-9-26-28/h1-5,10-11,16,19-21,26H,6-9,12-14H2,(H,25,29). The molecule has 2 saturated heterocycles. The summed E-state index contributed by atoms with van der Waals surface area (Å²) >= 11 is 0. The van der Waals surface area contributed by atoms with Gasteiger partial charge in [0, 0.05) is 31.1 Å². The lowest BCUT2D eigenvalue weighted by atomic mass is 9.78. The number of fused-ring (bicyclic) bond motifs is 3. The maximum absolute atomic E-state index is 13.8. The van der Waals surface area contributed by atoms with Gasteiger partial charge < -0.3 is 14.6 Å². The Morgan fingerprint density at radius 1 is 1.19 bits per heavy atom. The van der Waals surface area contributed by atoms with Crippen molar-refractivity contribution in [2.45, 2.75) is 56.9 Å². The van der Waals surface area contributed by atoms with E-state index in [-0.39, 0.29) is 41.7 Å². The van der Waals surface area contributed by atoms with Gasteiger partial charge in [0.15, 0.2) is 0 Å². The van der Waals surface area contributed by atoms with E-state index in [9.17, 15) is 14.0 Å². The van der Waals surface area contributed by atoms with Crippen LogP contribution in [0.2, 0.25) is 0 Å². The third kappa shape index (κ3) is 3.97. The van der Waals surface area contributed by atoms with E-state index in [1.165, 1.54) is 12.1 Å². The van der Waals surface area contributed by atoms with Crippen LogP contribution in [0.25, 0.3) is 0 Å². The molecule has 5 rings (SSSR count). The van der Waals surface area contributed by atoms with E-state index in [0.29, 0.717) is 25.3 Å². The number of hydrogen-bond donors (Lipinski definition) is 2. The van der Waals surface area contributed by atoms with Crippen molar-refractivity contribution in [1.82, 2.24) is 20.7 Å². The van der Waals surface area contributed by atoms with Gasteiger partial charge in [-0.3, -0.25) is 15.0 Å². The van der Waals surface area contributed by atoms with Crippen LogP contribution >= 0.6 is 0 Å². The zero-order valence-corrected chi connectivity index (χ0v) is 17.3. The second-order valence-corrected chi connectivity index (χ2v) is 8.66. The molecule has 3 heterocycles. The summed E-state index contributed by atoms with van der Waals surface area (Å²) in [6.07, 6.45) is 4.57. The Morgan fingerprint density at radius 2 is 2.10 bits per heavy atom. The van der Waals surface area contributed by atoms with E-state index in [1.807, 2.05) is 17.0 Å². The minimum atomic E-state index is -0.304. The molecule has 3 fully saturated rings. The van der Waals surface area contributed by atoms with E-state index in [2.05, 4.69) is 15.8 Å². The molecule has 4 atom stereocenters. The van der Waals surface area contributed by atoms with Crippen molar-refractivity contribution < 1.29 is 18.4 Å². The lowest BCUT2D eigenvalue weighted by molar-refractivity contribution is -0.157. The van der Waals surface area contributed by atoms with Crippen molar-refractivity contribution in [1.29, 1.82) is 0 Å². The van der Waals surface area contributed by atoms with E-state index < -0.39 is 0 Å². The first kappa shape index (κ1) is 20.2. The van der Waals surface area contributed by atoms with Crippen molar-refractivity contribution in [2.24, 2.45) is 5.92 Å². The van der Waals surface area contributed by atoms with Gasteiger partial charge in [-0.25, -0.2) is 9.40 Å². The summed E-state index contributed by atoms with van der Waals surface area (Å²) < 4.78 is 19.1. The Bertz CT molecular complexity index is 950. The summed E-state index contributed by atoms with van der Waals surface area (Å²) in [5.74, 6) is 0.294. The third-order valence-corrected chi connectivity index (χ3v) is 6.78. The van der Waals surface area contributed by atoms with Crippen molar-refractivity contribution in [3.05, 3.63) is 59.8 Å². The molecule has 0 radical (unpaired) electrons. The van der Waals surface area contributed by atoms with Gasteiger partial charge >= 0.3 is 0 Å². The van der Waals surface area contributed by atoms with Crippen molar-refractivity contribution in [3.63, 3.8) is 0 Å². The summed E-state index contributed by atoms with van der Waals surface area (Å²) in [6.45, 7) is 1.50. The predicted molar refractivity (Wildman–Crippen MR) is 111 cm³/mol. The largest absolute Gasteiger partial charge is 0.467 e. The molecule has 0 bridgehead atoms. The topological polar surface area (TPSA) is 77.8 Å². The van der Waals surface area contributed by atoms with Crippen LogP contribution in [0, 0.1) is 11.7 Å². The predicted octanol–water partition coefficient (Wildman–Crippen LogP) is 2.19. The summed E-state index contributed by atoms with van der Waals surface area (Å²) in [5.41, 5.74) is 4.16. The zero-order chi connectivity index (χ0) is 21.4. The van der Waals surface area contributed by atoms with Gasteiger partial charge in [0.2, 0.25) is 11.8 Å². The maximum Gasteiger partial charge on any atom is 0.242 e. The number of piperazine rings is 1. The van der Waals surface area contributed by atoms with Crippen LogP contribution in [0.15, 0.2) is 47.1 Å². The van der Waals surface area contributed by atoms with Gasteiger partial charge in [-0.15, -0.1) is 0 Å². The van der Waals surface area contributed by atoms with E-state index >= 15 is 0 Å². The number of carbonyl (C=O) groups excluding carboxylic acids is 2. The lowest BCUT2D eigenvalue weighted by Gasteiger charge is -2.51. The van der Waals surface area contributed by atoms with Crippen LogP contribution in [0.1, 0.15) is 37.0 Å². The number of carbonyl (C=O) groups is 2. The summed E-state index contributed by atoms with van der Waals surface area (Å²) in [6, 6.07) is 9.93. The molecule has 2 amide bonds. The molecule has 2 aliphatic heterocycles. The minimum Gasteiger partial charge on any atom is -0.467 e. The van der Waals surface area contributed by atoms with Crippen LogP contribution in [0.4, 0.5) is 4.39 Å². The molecule has 1 aromatic carbocycles. The molecule has 31 heavy (non-hydrogen) atoms. The number of nitrogens with one attached hydrogen (secondary N) is 2. The fraction of sp³-hybridized carbons (Fsp3) is 0.478. The molecular formula is C23H27FN4O3. The van der Waals surface area contributed by atoms with Gasteiger partial charge in [0.05, 0.1) is 12.8 Å². The maximum atomic E-state index is 13.8. The van der Waals surface area contributed by atoms with Crippen LogP contribution < -0.4 is 10.7 Å². The van der Waals surface area contributed by atoms with Crippen LogP contribution in [0.5, 0.6) is 0 Å². The van der Waals surface area contributed by atoms with Crippen molar-refractivity contribution in [2.75, 3.05) is 6.54 Å². The number of rotatable bonds is 5. The normalized spacial score (nSPS) is 28.3. The van der Waals surface area contributed by atoms with Gasteiger partial charge in [0.25, 0.3) is 0 Å². The van der Waals surface area contributed by atoms with E-state index in [4.69, 9.17) is 4.42 Å². The first-order valence-corrected chi connectivity index (χ1v) is 11.0. The first-order valence-electron chi connectivity index (χ1n) is 11.0. The molecule has 7 nitrogen and oxygen atoms in total. The fourth-order valence-corrected chi connectivity index (χ4v) is 5.31. The zero-order valence-electron chi connectivity index (χ0n) is 17.3. The SMILES string of the molecule is O=C(NCc1ccco1)C1CCC2C(C1)N(Cc1cccc(F)c1)C(=O)C1CCNN12. The number of amides is 2. The fourth-order valence-electron chi connectivity index (χ4n) is 5.31. The van der Waals surface area contributed by atoms with Gasteiger partial charge in [-0.1, -0.05) is 12.1 Å². The average molecular weight is 426 g/mol. The summed E-state index contributed by atoms with van der Waals surface area (Å²) in [5, 5.41) is 5.08. The molecular weight excluding hydrogens is 399 g/mol. The Morgan fingerprint density at radius 3 is 2.90 bits per heavy atom. The molecule has 0 spiro atoms. The lowest BCUT2D eigenvalue weighted by Crippen LogP contribution is -2.68. The Hall–Kier alpha value is -2.71. The Labute approximate surface area is 180 Å². The molecule has 164 valence electrons. The molecule has 4 unspecified atom stereocenters. The summed E-state index contributed by atoms with van der Waals surface area (Å²) in [7, 11) is 0. The average Bonchev–Trinajstić information content (AvgIpc) is 3.47. The Kier molecular flexibility index (Phi) is 5.50. The number of nitrogens with zero attached hydrogens (tertiary/aromatic N) is 2. The summed E-state index contributed by atoms with van der Waals surface area (Å²) in [4.78, 5) is 28.1. The highest BCUT2D eigenvalue weighted by Gasteiger charge is 2.51. The highest BCUT2D eigenvalue weighted by molar-refractivity contribution is 5.84. The number of benzene rings is 1. The number of halogens is 1. The molecule has 8 heteroatoms. The monoisotopic (exact) mass is 426 g/mol. The highest BCUT2D eigenvalue weighted by Crippen LogP contribution is 2.38. The van der Waals surface area contributed by atoms with E-state index in [0.717, 1.165) is 31.4 Å². The quantitative estimate of drug-likeness (QED) is 0.767. The van der Waals surface area contributed by atoms with Crippen molar-refractivity contribution >= 4 is 11.8 Å². The molecule has 2 N–H and O–H groups in total. The highest BCUT2D eigenvalue weighted by atomic mass is 19.1. The second-order valence-electron chi connectivity index (χ2n) is 8.66. The Balaban J connectivity index is 1.34. The van der Waals surface area contributed by atoms with Crippen LogP contribution in [-0.2, 0) is 22.7 Å². The number of hydrogen-bond acceptors (Lipinski definition) is 5.